The van der Waals surface area contributed by atoms with E-state index in [-0.39, 0.29) is 16.9 Å². The van der Waals surface area contributed by atoms with Crippen LogP contribution in [0, 0.1) is 18.3 Å². The summed E-state index contributed by atoms with van der Waals surface area (Å²) < 4.78 is 12.1. The zero-order valence-corrected chi connectivity index (χ0v) is 20.3. The molecule has 1 unspecified atom stereocenters. The van der Waals surface area contributed by atoms with Gasteiger partial charge in [-0.2, -0.15) is 5.26 Å². The van der Waals surface area contributed by atoms with Crippen LogP contribution in [0.25, 0.3) is 22.3 Å². The first-order valence-corrected chi connectivity index (χ1v) is 12.4. The Kier molecular flexibility index (Phi) is 6.14. The second-order valence-corrected chi connectivity index (χ2v) is 9.83. The minimum absolute atomic E-state index is 0.0128. The molecule has 0 aliphatic heterocycles. The van der Waals surface area contributed by atoms with E-state index in [0.29, 0.717) is 27.1 Å². The quantitative estimate of drug-likeness (QED) is 0.376. The molecule has 2 heterocycles. The fourth-order valence-electron chi connectivity index (χ4n) is 4.34. The topological polar surface area (TPSA) is 92.3 Å². The number of hydrogen-bond donors (Lipinski definition) is 1. The molecule has 35 heavy (non-hydrogen) atoms. The van der Waals surface area contributed by atoms with E-state index in [9.17, 15) is 14.9 Å². The number of nitriles is 1. The molecule has 176 valence electrons. The number of ether oxygens (including phenoxy) is 1. The van der Waals surface area contributed by atoms with E-state index in [2.05, 4.69) is 11.4 Å². The van der Waals surface area contributed by atoms with Crippen molar-refractivity contribution in [3.63, 3.8) is 0 Å². The van der Waals surface area contributed by atoms with E-state index >= 15 is 0 Å². The molecule has 0 spiro atoms. The molecular weight excluding hydrogens is 460 g/mol. The van der Waals surface area contributed by atoms with Gasteiger partial charge < -0.3 is 14.5 Å². The molecule has 1 N–H and O–H groups in total. The van der Waals surface area contributed by atoms with Gasteiger partial charge in [0.1, 0.15) is 16.7 Å². The van der Waals surface area contributed by atoms with E-state index in [1.807, 2.05) is 31.2 Å². The van der Waals surface area contributed by atoms with Crippen molar-refractivity contribution in [3.05, 3.63) is 80.3 Å². The molecule has 1 aliphatic rings. The number of para-hydroxylation sites is 1. The van der Waals surface area contributed by atoms with Gasteiger partial charge in [0.05, 0.1) is 10.9 Å². The summed E-state index contributed by atoms with van der Waals surface area (Å²) in [5, 5.41) is 13.5. The molecule has 0 radical (unpaired) electrons. The van der Waals surface area contributed by atoms with Gasteiger partial charge in [0, 0.05) is 10.4 Å². The number of aryl methyl sites for hydroxylation is 2. The van der Waals surface area contributed by atoms with E-state index in [1.165, 1.54) is 11.3 Å². The largest absolute Gasteiger partial charge is 0.473 e. The summed E-state index contributed by atoms with van der Waals surface area (Å²) in [5.41, 5.74) is 3.44. The maximum absolute atomic E-state index is 13.4. The Bertz CT molecular complexity index is 1530. The zero-order chi connectivity index (χ0) is 24.5. The first-order valence-electron chi connectivity index (χ1n) is 11.6. The van der Waals surface area contributed by atoms with Crippen LogP contribution in [0.2, 0.25) is 0 Å². The van der Waals surface area contributed by atoms with Gasteiger partial charge in [0.25, 0.3) is 5.91 Å². The minimum Gasteiger partial charge on any atom is -0.473 e. The van der Waals surface area contributed by atoms with Crippen LogP contribution in [0.5, 0.6) is 5.75 Å². The number of anilines is 1. The molecule has 1 atom stereocenters. The molecule has 0 bridgehead atoms. The van der Waals surface area contributed by atoms with Crippen molar-refractivity contribution in [3.8, 4) is 23.1 Å². The first-order chi connectivity index (χ1) is 17.0. The van der Waals surface area contributed by atoms with Crippen LogP contribution in [0.1, 0.15) is 41.3 Å². The molecule has 0 saturated carbocycles. The Labute approximate surface area is 206 Å². The molecule has 1 aliphatic carbocycles. The van der Waals surface area contributed by atoms with Gasteiger partial charge in [-0.25, -0.2) is 0 Å². The summed E-state index contributed by atoms with van der Waals surface area (Å²) in [6.07, 6.45) is 2.92. The number of benzene rings is 2. The molecule has 7 heteroatoms. The molecule has 0 fully saturated rings. The van der Waals surface area contributed by atoms with Crippen LogP contribution in [0.15, 0.2) is 57.7 Å². The lowest BCUT2D eigenvalue weighted by molar-refractivity contribution is -0.122. The van der Waals surface area contributed by atoms with Gasteiger partial charge in [-0.05, 0) is 57.2 Å². The average Bonchev–Trinajstić information content (AvgIpc) is 3.23. The third kappa shape index (κ3) is 4.33. The third-order valence-electron chi connectivity index (χ3n) is 6.25. The SMILES string of the molecule is Cc1ccc(-c2oc3ccccc3c(=O)c2OC(C)C(=O)Nc2sc3c(c2C#N)CCCC3)cc1. The summed E-state index contributed by atoms with van der Waals surface area (Å²) in [7, 11) is 0. The third-order valence-corrected chi connectivity index (χ3v) is 7.46. The van der Waals surface area contributed by atoms with Crippen molar-refractivity contribution in [1.82, 2.24) is 0 Å². The van der Waals surface area contributed by atoms with Gasteiger partial charge >= 0.3 is 0 Å². The van der Waals surface area contributed by atoms with Crippen LogP contribution >= 0.6 is 11.3 Å². The van der Waals surface area contributed by atoms with E-state index < -0.39 is 12.0 Å². The molecule has 4 aromatic rings. The van der Waals surface area contributed by atoms with Crippen molar-refractivity contribution in [2.45, 2.75) is 45.6 Å². The normalized spacial score (nSPS) is 13.6. The Morgan fingerprint density at radius 2 is 1.89 bits per heavy atom. The van der Waals surface area contributed by atoms with Gasteiger partial charge in [-0.15, -0.1) is 11.3 Å². The van der Waals surface area contributed by atoms with Gasteiger partial charge in [0.2, 0.25) is 11.2 Å². The summed E-state index contributed by atoms with van der Waals surface area (Å²) in [6, 6.07) is 16.8. The standard InChI is InChI=1S/C28H24N2O4S/c1-16-11-13-18(14-12-16)25-26(24(31)20-8-3-5-9-22(20)34-25)33-17(2)27(32)30-28-21(15-29)19-7-4-6-10-23(19)35-28/h3,5,8-9,11-14,17H,4,6-7,10H2,1-2H3,(H,30,32). The lowest BCUT2D eigenvalue weighted by atomic mass is 9.96. The van der Waals surface area contributed by atoms with Gasteiger partial charge in [-0.1, -0.05) is 42.0 Å². The highest BCUT2D eigenvalue weighted by Crippen LogP contribution is 2.38. The Morgan fingerprint density at radius 3 is 2.66 bits per heavy atom. The number of thiophene rings is 1. The number of carbonyl (C=O) groups is 1. The molecule has 2 aromatic carbocycles. The number of rotatable bonds is 5. The van der Waals surface area contributed by atoms with Crippen LogP contribution in [-0.2, 0) is 17.6 Å². The molecule has 0 saturated heterocycles. The molecule has 5 rings (SSSR count). The second kappa shape index (κ2) is 9.40. The monoisotopic (exact) mass is 484 g/mol. The molecule has 2 aromatic heterocycles. The number of nitrogens with zero attached hydrogens (tertiary/aromatic N) is 1. The minimum atomic E-state index is -0.992. The summed E-state index contributed by atoms with van der Waals surface area (Å²) in [5.74, 6) is -0.165. The number of nitrogens with one attached hydrogen (secondary N) is 1. The molecular formula is C28H24N2O4S. The zero-order valence-electron chi connectivity index (χ0n) is 19.5. The lowest BCUT2D eigenvalue weighted by Gasteiger charge is -2.17. The number of carbonyl (C=O) groups excluding carboxylic acids is 1. The van der Waals surface area contributed by atoms with Crippen molar-refractivity contribution in [2.75, 3.05) is 5.32 Å². The van der Waals surface area contributed by atoms with Gasteiger partial charge in [0.15, 0.2) is 11.9 Å². The predicted octanol–water partition coefficient (Wildman–Crippen LogP) is 5.99. The van der Waals surface area contributed by atoms with Crippen molar-refractivity contribution in [2.24, 2.45) is 0 Å². The smallest absolute Gasteiger partial charge is 0.265 e. The first kappa shape index (κ1) is 22.9. The van der Waals surface area contributed by atoms with Crippen LogP contribution in [-0.4, -0.2) is 12.0 Å². The van der Waals surface area contributed by atoms with E-state index in [0.717, 1.165) is 41.7 Å². The fourth-order valence-corrected chi connectivity index (χ4v) is 5.59. The molecule has 6 nitrogen and oxygen atoms in total. The maximum Gasteiger partial charge on any atom is 0.265 e. The Morgan fingerprint density at radius 1 is 1.14 bits per heavy atom. The fraction of sp³-hybridized carbons (Fsp3) is 0.250. The van der Waals surface area contributed by atoms with Crippen molar-refractivity contribution in [1.29, 1.82) is 5.26 Å². The lowest BCUT2D eigenvalue weighted by Crippen LogP contribution is -2.31. The molecule has 1 amide bonds. The second-order valence-electron chi connectivity index (χ2n) is 8.73. The maximum atomic E-state index is 13.4. The van der Waals surface area contributed by atoms with Crippen molar-refractivity contribution < 1.29 is 13.9 Å². The average molecular weight is 485 g/mol. The number of amides is 1. The number of fused-ring (bicyclic) bond motifs is 2. The van der Waals surface area contributed by atoms with E-state index in [1.54, 1.807) is 31.2 Å². The highest BCUT2D eigenvalue weighted by atomic mass is 32.1. The summed E-state index contributed by atoms with van der Waals surface area (Å²) >= 11 is 1.45. The summed E-state index contributed by atoms with van der Waals surface area (Å²) in [4.78, 5) is 27.6. The van der Waals surface area contributed by atoms with Gasteiger partial charge in [-0.3, -0.25) is 9.59 Å². The predicted molar refractivity (Wildman–Crippen MR) is 137 cm³/mol. The van der Waals surface area contributed by atoms with E-state index in [4.69, 9.17) is 9.15 Å². The van der Waals surface area contributed by atoms with Crippen LogP contribution < -0.4 is 15.5 Å². The van der Waals surface area contributed by atoms with Crippen LogP contribution in [0.3, 0.4) is 0 Å². The highest BCUT2D eigenvalue weighted by Gasteiger charge is 2.26. The summed E-state index contributed by atoms with van der Waals surface area (Å²) in [6.45, 7) is 3.56. The highest BCUT2D eigenvalue weighted by molar-refractivity contribution is 7.16. The number of hydrogen-bond acceptors (Lipinski definition) is 6. The Balaban J connectivity index is 1.49. The Hall–Kier alpha value is -3.89. The van der Waals surface area contributed by atoms with Crippen molar-refractivity contribution >= 4 is 33.2 Å². The van der Waals surface area contributed by atoms with Crippen LogP contribution in [0.4, 0.5) is 5.00 Å².